The summed E-state index contributed by atoms with van der Waals surface area (Å²) < 4.78 is 0. The van der Waals surface area contributed by atoms with Crippen LogP contribution >= 0.6 is 23.2 Å². The molecule has 0 atom stereocenters. The van der Waals surface area contributed by atoms with E-state index in [1.54, 1.807) is 0 Å². The van der Waals surface area contributed by atoms with Crippen molar-refractivity contribution in [1.29, 1.82) is 0 Å². The smallest absolute Gasteiger partial charge is 0.303 e. The Bertz CT molecular complexity index is 370. The molecule has 0 bridgehead atoms. The number of carboxylic acid groups (broad SMARTS) is 1. The Kier molecular flexibility index (Phi) is 7.92. The molecule has 19 heavy (non-hydrogen) atoms. The van der Waals surface area contributed by atoms with Crippen LogP contribution in [0.5, 0.6) is 0 Å². The molecule has 0 heterocycles. The summed E-state index contributed by atoms with van der Waals surface area (Å²) >= 11 is 11.6. The molecule has 0 radical (unpaired) electrons. The molecule has 0 aliphatic carbocycles. The standard InChI is InChI=1S/C15H20Cl2O2/c16-10-8-14(9-11-17)13-6-4-12(5-7-13)2-1-3-15(18)19/h4-7,14H,1-3,8-11H2,(H,18,19). The number of rotatable bonds is 9. The highest BCUT2D eigenvalue weighted by atomic mass is 35.5. The van der Waals surface area contributed by atoms with Gasteiger partial charge in [0.05, 0.1) is 0 Å². The number of carboxylic acids is 1. The summed E-state index contributed by atoms with van der Waals surface area (Å²) in [4.78, 5) is 10.5. The Morgan fingerprint density at radius 2 is 1.68 bits per heavy atom. The first-order valence-electron chi connectivity index (χ1n) is 6.60. The van der Waals surface area contributed by atoms with E-state index < -0.39 is 5.97 Å². The molecule has 0 saturated carbocycles. The highest BCUT2D eigenvalue weighted by molar-refractivity contribution is 6.18. The van der Waals surface area contributed by atoms with E-state index in [-0.39, 0.29) is 6.42 Å². The molecule has 0 aliphatic rings. The van der Waals surface area contributed by atoms with Crippen molar-refractivity contribution in [2.45, 2.75) is 38.0 Å². The van der Waals surface area contributed by atoms with E-state index in [1.165, 1.54) is 11.1 Å². The second-order valence-corrected chi connectivity index (χ2v) is 5.40. The fourth-order valence-electron chi connectivity index (χ4n) is 2.14. The van der Waals surface area contributed by atoms with Gasteiger partial charge in [0.1, 0.15) is 0 Å². The van der Waals surface area contributed by atoms with Gasteiger partial charge in [-0.3, -0.25) is 4.79 Å². The second-order valence-electron chi connectivity index (χ2n) is 4.64. The summed E-state index contributed by atoms with van der Waals surface area (Å²) in [5.41, 5.74) is 2.45. The number of halogens is 2. The van der Waals surface area contributed by atoms with Crippen LogP contribution in [0.15, 0.2) is 24.3 Å². The SMILES string of the molecule is O=C(O)CCCc1ccc(C(CCCl)CCCl)cc1. The predicted octanol–water partition coefficient (Wildman–Crippen LogP) is 4.44. The van der Waals surface area contributed by atoms with E-state index in [9.17, 15) is 4.79 Å². The van der Waals surface area contributed by atoms with Crippen molar-refractivity contribution in [2.75, 3.05) is 11.8 Å². The van der Waals surface area contributed by atoms with E-state index >= 15 is 0 Å². The minimum atomic E-state index is -0.735. The lowest BCUT2D eigenvalue weighted by Gasteiger charge is -2.15. The minimum absolute atomic E-state index is 0.225. The average molecular weight is 303 g/mol. The van der Waals surface area contributed by atoms with Crippen LogP contribution in [0.4, 0.5) is 0 Å². The normalized spacial score (nSPS) is 10.9. The van der Waals surface area contributed by atoms with E-state index in [2.05, 4.69) is 24.3 Å². The molecule has 0 spiro atoms. The average Bonchev–Trinajstić information content (AvgIpc) is 2.39. The van der Waals surface area contributed by atoms with Gasteiger partial charge in [0.25, 0.3) is 0 Å². The van der Waals surface area contributed by atoms with Gasteiger partial charge in [-0.25, -0.2) is 0 Å². The Hall–Kier alpha value is -0.730. The van der Waals surface area contributed by atoms with Crippen molar-refractivity contribution >= 4 is 29.2 Å². The number of benzene rings is 1. The van der Waals surface area contributed by atoms with Crippen molar-refractivity contribution < 1.29 is 9.90 Å². The first-order chi connectivity index (χ1) is 9.17. The van der Waals surface area contributed by atoms with Gasteiger partial charge in [-0.05, 0) is 42.7 Å². The third-order valence-corrected chi connectivity index (χ3v) is 3.66. The number of aryl methyl sites for hydroxylation is 1. The quantitative estimate of drug-likeness (QED) is 0.685. The number of hydrogen-bond donors (Lipinski definition) is 1. The maximum absolute atomic E-state index is 10.5. The van der Waals surface area contributed by atoms with Gasteiger partial charge in [-0.1, -0.05) is 24.3 Å². The molecule has 0 fully saturated rings. The molecule has 2 nitrogen and oxygen atoms in total. The van der Waals surface area contributed by atoms with Gasteiger partial charge in [0.15, 0.2) is 0 Å². The van der Waals surface area contributed by atoms with Crippen LogP contribution < -0.4 is 0 Å². The molecule has 0 amide bonds. The van der Waals surface area contributed by atoms with Crippen LogP contribution in [-0.2, 0) is 11.2 Å². The van der Waals surface area contributed by atoms with Crippen LogP contribution in [-0.4, -0.2) is 22.8 Å². The topological polar surface area (TPSA) is 37.3 Å². The van der Waals surface area contributed by atoms with Crippen LogP contribution in [0.2, 0.25) is 0 Å². The Morgan fingerprint density at radius 3 is 2.16 bits per heavy atom. The van der Waals surface area contributed by atoms with E-state index in [1.807, 2.05) is 0 Å². The largest absolute Gasteiger partial charge is 0.481 e. The summed E-state index contributed by atoms with van der Waals surface area (Å²) in [6, 6.07) is 8.37. The fraction of sp³-hybridized carbons (Fsp3) is 0.533. The summed E-state index contributed by atoms with van der Waals surface area (Å²) in [6.45, 7) is 0. The third-order valence-electron chi connectivity index (χ3n) is 3.22. The van der Waals surface area contributed by atoms with E-state index in [4.69, 9.17) is 28.3 Å². The molecule has 0 unspecified atom stereocenters. The molecule has 0 saturated heterocycles. The molecule has 4 heteroatoms. The third kappa shape index (κ3) is 6.31. The summed E-state index contributed by atoms with van der Waals surface area (Å²) in [5.74, 6) is 0.966. The maximum atomic E-state index is 10.5. The maximum Gasteiger partial charge on any atom is 0.303 e. The van der Waals surface area contributed by atoms with Gasteiger partial charge in [0, 0.05) is 18.2 Å². The molecular weight excluding hydrogens is 283 g/mol. The van der Waals surface area contributed by atoms with Gasteiger partial charge in [-0.2, -0.15) is 0 Å². The van der Waals surface area contributed by atoms with Crippen molar-refractivity contribution in [3.05, 3.63) is 35.4 Å². The summed E-state index contributed by atoms with van der Waals surface area (Å²) in [5, 5.41) is 8.60. The monoisotopic (exact) mass is 302 g/mol. The highest BCUT2D eigenvalue weighted by Gasteiger charge is 2.10. The highest BCUT2D eigenvalue weighted by Crippen LogP contribution is 2.25. The first kappa shape index (κ1) is 16.3. The van der Waals surface area contributed by atoms with Crippen molar-refractivity contribution in [3.63, 3.8) is 0 Å². The predicted molar refractivity (Wildman–Crippen MR) is 80.4 cm³/mol. The second kappa shape index (κ2) is 9.22. The summed E-state index contributed by atoms with van der Waals surface area (Å²) in [7, 11) is 0. The lowest BCUT2D eigenvalue weighted by Crippen LogP contribution is -2.01. The zero-order valence-electron chi connectivity index (χ0n) is 10.9. The van der Waals surface area contributed by atoms with E-state index in [0.29, 0.717) is 24.1 Å². The Balaban J connectivity index is 2.55. The van der Waals surface area contributed by atoms with E-state index in [0.717, 1.165) is 19.3 Å². The molecular formula is C15H20Cl2O2. The number of hydrogen-bond acceptors (Lipinski definition) is 1. The molecule has 1 rings (SSSR count). The molecule has 0 aromatic heterocycles. The zero-order chi connectivity index (χ0) is 14.1. The van der Waals surface area contributed by atoms with Crippen LogP contribution in [0.1, 0.15) is 42.7 Å². The molecule has 1 aromatic carbocycles. The lowest BCUT2D eigenvalue weighted by molar-refractivity contribution is -0.137. The molecule has 1 aromatic rings. The zero-order valence-corrected chi connectivity index (χ0v) is 12.5. The van der Waals surface area contributed by atoms with Crippen LogP contribution in [0.3, 0.4) is 0 Å². The van der Waals surface area contributed by atoms with Crippen molar-refractivity contribution in [2.24, 2.45) is 0 Å². The van der Waals surface area contributed by atoms with Crippen molar-refractivity contribution in [1.82, 2.24) is 0 Å². The fourth-order valence-corrected chi connectivity index (χ4v) is 2.67. The first-order valence-corrected chi connectivity index (χ1v) is 7.66. The minimum Gasteiger partial charge on any atom is -0.481 e. The van der Waals surface area contributed by atoms with Gasteiger partial charge >= 0.3 is 5.97 Å². The summed E-state index contributed by atoms with van der Waals surface area (Å²) in [6.07, 6.45) is 3.59. The number of alkyl halides is 2. The number of aliphatic carboxylic acids is 1. The molecule has 1 N–H and O–H groups in total. The van der Waals surface area contributed by atoms with Gasteiger partial charge in [0.2, 0.25) is 0 Å². The van der Waals surface area contributed by atoms with Gasteiger partial charge in [-0.15, -0.1) is 23.2 Å². The lowest BCUT2D eigenvalue weighted by atomic mass is 9.92. The van der Waals surface area contributed by atoms with Crippen LogP contribution in [0, 0.1) is 0 Å². The Morgan fingerprint density at radius 1 is 1.11 bits per heavy atom. The molecule has 0 aliphatic heterocycles. The van der Waals surface area contributed by atoms with Crippen molar-refractivity contribution in [3.8, 4) is 0 Å². The van der Waals surface area contributed by atoms with Crippen LogP contribution in [0.25, 0.3) is 0 Å². The Labute approximate surface area is 124 Å². The number of carbonyl (C=O) groups is 1. The van der Waals surface area contributed by atoms with Gasteiger partial charge < -0.3 is 5.11 Å². The molecule has 106 valence electrons.